The van der Waals surface area contributed by atoms with Gasteiger partial charge in [-0.2, -0.15) is 18.4 Å². The second-order valence-corrected chi connectivity index (χ2v) is 4.59. The summed E-state index contributed by atoms with van der Waals surface area (Å²) < 4.78 is 37.8. The van der Waals surface area contributed by atoms with Crippen LogP contribution in [0.2, 0.25) is 0 Å². The Balaban J connectivity index is 3.13. The second kappa shape index (κ2) is 5.96. The first-order chi connectivity index (χ1) is 8.81. The number of rotatable bonds is 4. The van der Waals surface area contributed by atoms with Gasteiger partial charge >= 0.3 is 6.18 Å². The molecule has 104 valence electrons. The predicted molar refractivity (Wildman–Crippen MR) is 68.9 cm³/mol. The van der Waals surface area contributed by atoms with Crippen molar-refractivity contribution >= 4 is 5.69 Å². The lowest BCUT2D eigenvalue weighted by molar-refractivity contribution is -0.137. The molecular formula is C14H17F3N2. The van der Waals surface area contributed by atoms with Crippen molar-refractivity contribution in [2.75, 3.05) is 11.9 Å². The van der Waals surface area contributed by atoms with Gasteiger partial charge < -0.3 is 4.90 Å². The molecule has 0 amide bonds. The van der Waals surface area contributed by atoms with E-state index in [0.717, 1.165) is 25.0 Å². The number of nitrogens with zero attached hydrogens (tertiary/aromatic N) is 2. The third kappa shape index (κ3) is 3.63. The Morgan fingerprint density at radius 3 is 2.47 bits per heavy atom. The van der Waals surface area contributed by atoms with Crippen LogP contribution in [0, 0.1) is 11.3 Å². The zero-order chi connectivity index (χ0) is 14.6. The van der Waals surface area contributed by atoms with Crippen LogP contribution in [0.1, 0.15) is 37.8 Å². The van der Waals surface area contributed by atoms with Gasteiger partial charge in [-0.1, -0.05) is 13.3 Å². The molecule has 1 rings (SSSR count). The highest BCUT2D eigenvalue weighted by Gasteiger charge is 2.31. The number of nitriles is 1. The summed E-state index contributed by atoms with van der Waals surface area (Å²) in [5, 5.41) is 9.03. The van der Waals surface area contributed by atoms with Crippen molar-refractivity contribution in [3.8, 4) is 6.07 Å². The first kappa shape index (κ1) is 15.4. The van der Waals surface area contributed by atoms with Crippen molar-refractivity contribution in [1.29, 1.82) is 5.26 Å². The van der Waals surface area contributed by atoms with Crippen LogP contribution < -0.4 is 4.90 Å². The van der Waals surface area contributed by atoms with E-state index >= 15 is 0 Å². The van der Waals surface area contributed by atoms with Crippen LogP contribution in [0.25, 0.3) is 0 Å². The second-order valence-electron chi connectivity index (χ2n) is 4.59. The average molecular weight is 270 g/mol. The summed E-state index contributed by atoms with van der Waals surface area (Å²) >= 11 is 0. The zero-order valence-electron chi connectivity index (χ0n) is 11.3. The van der Waals surface area contributed by atoms with E-state index < -0.39 is 11.7 Å². The SMILES string of the molecule is CCCC(C)N(C)c1ccc(C(F)(F)F)cc1C#N. The van der Waals surface area contributed by atoms with E-state index in [1.54, 1.807) is 7.05 Å². The number of benzene rings is 1. The van der Waals surface area contributed by atoms with Crippen molar-refractivity contribution in [3.05, 3.63) is 29.3 Å². The monoisotopic (exact) mass is 270 g/mol. The summed E-state index contributed by atoms with van der Waals surface area (Å²) in [4.78, 5) is 1.85. The summed E-state index contributed by atoms with van der Waals surface area (Å²) in [5.74, 6) is 0. The highest BCUT2D eigenvalue weighted by atomic mass is 19.4. The van der Waals surface area contributed by atoms with Crippen LogP contribution in [0.15, 0.2) is 18.2 Å². The molecule has 0 heterocycles. The van der Waals surface area contributed by atoms with E-state index in [1.165, 1.54) is 6.07 Å². The highest BCUT2D eigenvalue weighted by molar-refractivity contribution is 5.60. The average Bonchev–Trinajstić information content (AvgIpc) is 2.36. The topological polar surface area (TPSA) is 27.0 Å². The van der Waals surface area contributed by atoms with E-state index in [9.17, 15) is 13.2 Å². The quantitative estimate of drug-likeness (QED) is 0.819. The van der Waals surface area contributed by atoms with Gasteiger partial charge in [0.2, 0.25) is 0 Å². The minimum atomic E-state index is -4.42. The smallest absolute Gasteiger partial charge is 0.371 e. The van der Waals surface area contributed by atoms with E-state index in [-0.39, 0.29) is 11.6 Å². The van der Waals surface area contributed by atoms with Gasteiger partial charge in [0.25, 0.3) is 0 Å². The molecule has 1 aromatic rings. The summed E-state index contributed by atoms with van der Waals surface area (Å²) in [6.07, 6.45) is -2.52. The fourth-order valence-electron chi connectivity index (χ4n) is 1.96. The Labute approximate surface area is 111 Å². The fourth-order valence-corrected chi connectivity index (χ4v) is 1.96. The van der Waals surface area contributed by atoms with Gasteiger partial charge in [0.1, 0.15) is 6.07 Å². The first-order valence-corrected chi connectivity index (χ1v) is 6.15. The minimum absolute atomic E-state index is 0.0558. The Bertz CT molecular complexity index is 475. The van der Waals surface area contributed by atoms with Crippen molar-refractivity contribution in [2.24, 2.45) is 0 Å². The van der Waals surface area contributed by atoms with Gasteiger partial charge in [-0.15, -0.1) is 0 Å². The van der Waals surface area contributed by atoms with E-state index in [1.807, 2.05) is 24.8 Å². The molecule has 0 aromatic heterocycles. The van der Waals surface area contributed by atoms with Gasteiger partial charge in [-0.25, -0.2) is 0 Å². The molecule has 0 aliphatic heterocycles. The molecular weight excluding hydrogens is 253 g/mol. The van der Waals surface area contributed by atoms with Crippen LogP contribution in [0.4, 0.5) is 18.9 Å². The van der Waals surface area contributed by atoms with Crippen LogP contribution >= 0.6 is 0 Å². The molecule has 0 saturated carbocycles. The van der Waals surface area contributed by atoms with Gasteiger partial charge in [-0.3, -0.25) is 0 Å². The number of halogens is 3. The van der Waals surface area contributed by atoms with E-state index in [0.29, 0.717) is 5.69 Å². The summed E-state index contributed by atoms with van der Waals surface area (Å²) in [5.41, 5.74) is -0.193. The third-order valence-electron chi connectivity index (χ3n) is 3.19. The molecule has 2 nitrogen and oxygen atoms in total. The Hall–Kier alpha value is -1.70. The molecule has 0 fully saturated rings. The lowest BCUT2D eigenvalue weighted by Crippen LogP contribution is -2.29. The maximum atomic E-state index is 12.6. The first-order valence-electron chi connectivity index (χ1n) is 6.15. The largest absolute Gasteiger partial charge is 0.416 e. The number of hydrogen-bond donors (Lipinski definition) is 0. The molecule has 1 atom stereocenters. The van der Waals surface area contributed by atoms with Crippen molar-refractivity contribution in [3.63, 3.8) is 0 Å². The van der Waals surface area contributed by atoms with Crippen molar-refractivity contribution in [2.45, 2.75) is 38.9 Å². The molecule has 0 N–H and O–H groups in total. The predicted octanol–water partition coefficient (Wildman–Crippen LogP) is 4.20. The number of anilines is 1. The van der Waals surface area contributed by atoms with Gasteiger partial charge in [-0.05, 0) is 31.5 Å². The minimum Gasteiger partial charge on any atom is -0.371 e. The summed E-state index contributed by atoms with van der Waals surface area (Å²) in [7, 11) is 1.80. The molecule has 0 aliphatic rings. The highest BCUT2D eigenvalue weighted by Crippen LogP contribution is 2.33. The molecule has 1 aromatic carbocycles. The zero-order valence-corrected chi connectivity index (χ0v) is 11.3. The molecule has 5 heteroatoms. The maximum absolute atomic E-state index is 12.6. The van der Waals surface area contributed by atoms with Crippen LogP contribution in [-0.2, 0) is 6.18 Å². The maximum Gasteiger partial charge on any atom is 0.416 e. The van der Waals surface area contributed by atoms with Gasteiger partial charge in [0, 0.05) is 13.1 Å². The molecule has 19 heavy (non-hydrogen) atoms. The standard InChI is InChI=1S/C14H17F3N2/c1-4-5-10(2)19(3)13-7-6-12(14(15,16)17)8-11(13)9-18/h6-8,10H,4-5H2,1-3H3. The van der Waals surface area contributed by atoms with Crippen LogP contribution in [-0.4, -0.2) is 13.1 Å². The Kier molecular flexibility index (Phi) is 4.82. The molecule has 0 radical (unpaired) electrons. The molecule has 0 spiro atoms. The third-order valence-corrected chi connectivity index (χ3v) is 3.19. The molecule has 0 aliphatic carbocycles. The van der Waals surface area contributed by atoms with Crippen molar-refractivity contribution < 1.29 is 13.2 Å². The molecule has 0 bridgehead atoms. The lowest BCUT2D eigenvalue weighted by Gasteiger charge is -2.28. The fraction of sp³-hybridized carbons (Fsp3) is 0.500. The van der Waals surface area contributed by atoms with Gasteiger partial charge in [0.05, 0.1) is 16.8 Å². The number of alkyl halides is 3. The van der Waals surface area contributed by atoms with Crippen LogP contribution in [0.3, 0.4) is 0 Å². The van der Waals surface area contributed by atoms with E-state index in [2.05, 4.69) is 0 Å². The van der Waals surface area contributed by atoms with Crippen molar-refractivity contribution in [1.82, 2.24) is 0 Å². The van der Waals surface area contributed by atoms with Crippen LogP contribution in [0.5, 0.6) is 0 Å². The normalized spacial score (nSPS) is 12.9. The summed E-state index contributed by atoms with van der Waals surface area (Å²) in [6.45, 7) is 4.03. The lowest BCUT2D eigenvalue weighted by atomic mass is 10.1. The summed E-state index contributed by atoms with van der Waals surface area (Å²) in [6, 6.07) is 5.31. The van der Waals surface area contributed by atoms with E-state index in [4.69, 9.17) is 5.26 Å². The van der Waals surface area contributed by atoms with Gasteiger partial charge in [0.15, 0.2) is 0 Å². The Morgan fingerprint density at radius 2 is 2.00 bits per heavy atom. The molecule has 1 unspecified atom stereocenters. The molecule has 0 saturated heterocycles. The number of hydrogen-bond acceptors (Lipinski definition) is 2. The Morgan fingerprint density at radius 1 is 1.37 bits per heavy atom.